The maximum atomic E-state index is 6.25. The van der Waals surface area contributed by atoms with Crippen LogP contribution in [0.25, 0.3) is 0 Å². The van der Waals surface area contributed by atoms with Crippen molar-refractivity contribution in [2.24, 2.45) is 5.73 Å². The first-order chi connectivity index (χ1) is 9.24. The van der Waals surface area contributed by atoms with E-state index in [-0.39, 0.29) is 11.3 Å². The fourth-order valence-corrected chi connectivity index (χ4v) is 3.84. The number of pyridine rings is 1. The van der Waals surface area contributed by atoms with Crippen molar-refractivity contribution in [2.45, 2.75) is 42.3 Å². The van der Waals surface area contributed by atoms with Crippen LogP contribution in [0.4, 0.5) is 0 Å². The predicted molar refractivity (Wildman–Crippen MR) is 80.4 cm³/mol. The van der Waals surface area contributed by atoms with Crippen molar-refractivity contribution in [3.8, 4) is 0 Å². The molecule has 0 saturated heterocycles. The Balaban J connectivity index is 2.19. The van der Waals surface area contributed by atoms with Crippen LogP contribution in [0.2, 0.25) is 0 Å². The van der Waals surface area contributed by atoms with E-state index in [0.29, 0.717) is 0 Å². The fraction of sp³-hybridized carbons (Fsp3) is 0.462. The van der Waals surface area contributed by atoms with Crippen molar-refractivity contribution >= 4 is 23.3 Å². The molecule has 0 fully saturated rings. The summed E-state index contributed by atoms with van der Waals surface area (Å²) in [6, 6.07) is 4.14. The zero-order valence-electron chi connectivity index (χ0n) is 11.1. The molecule has 0 amide bonds. The topological polar surface area (TPSA) is 64.7 Å². The maximum absolute atomic E-state index is 6.25. The minimum Gasteiger partial charge on any atom is -0.326 e. The number of aromatic nitrogens is 3. The zero-order valence-corrected chi connectivity index (χ0v) is 12.7. The zero-order chi connectivity index (χ0) is 13.7. The average molecular weight is 294 g/mol. The Labute approximate surface area is 122 Å². The van der Waals surface area contributed by atoms with E-state index in [2.05, 4.69) is 28.2 Å². The lowest BCUT2D eigenvalue weighted by Crippen LogP contribution is -2.25. The number of aryl methyl sites for hydroxylation is 1. The summed E-state index contributed by atoms with van der Waals surface area (Å²) >= 11 is 3.16. The first kappa shape index (κ1) is 14.4. The molecule has 0 bridgehead atoms. The van der Waals surface area contributed by atoms with Crippen LogP contribution >= 0.6 is 23.3 Å². The van der Waals surface area contributed by atoms with Gasteiger partial charge in [-0.1, -0.05) is 25.6 Å². The van der Waals surface area contributed by atoms with Gasteiger partial charge < -0.3 is 5.73 Å². The van der Waals surface area contributed by atoms with Gasteiger partial charge in [0.25, 0.3) is 0 Å². The molecule has 0 aliphatic rings. The maximum Gasteiger partial charge on any atom is 0.170 e. The van der Waals surface area contributed by atoms with E-state index in [1.807, 2.05) is 24.5 Å². The summed E-state index contributed by atoms with van der Waals surface area (Å²) in [5, 5.41) is 0.200. The first-order valence-electron chi connectivity index (χ1n) is 6.39. The highest BCUT2D eigenvalue weighted by molar-refractivity contribution is 8.01. The van der Waals surface area contributed by atoms with Gasteiger partial charge in [-0.3, -0.25) is 4.98 Å². The molecule has 2 unspecified atom stereocenters. The molecule has 2 heterocycles. The number of hydrogen-bond donors (Lipinski definition) is 1. The summed E-state index contributed by atoms with van der Waals surface area (Å²) in [5.41, 5.74) is 7.45. The van der Waals surface area contributed by atoms with E-state index in [9.17, 15) is 0 Å². The van der Waals surface area contributed by atoms with Gasteiger partial charge >= 0.3 is 0 Å². The molecule has 0 radical (unpaired) electrons. The lowest BCUT2D eigenvalue weighted by molar-refractivity contribution is 0.633. The van der Waals surface area contributed by atoms with E-state index in [1.165, 1.54) is 17.1 Å². The third kappa shape index (κ3) is 3.75. The predicted octanol–water partition coefficient (Wildman–Crippen LogP) is 3.07. The third-order valence-electron chi connectivity index (χ3n) is 2.89. The van der Waals surface area contributed by atoms with Crippen LogP contribution < -0.4 is 5.73 Å². The summed E-state index contributed by atoms with van der Waals surface area (Å²) in [5.74, 6) is 0.908. The third-order valence-corrected chi connectivity index (χ3v) is 5.12. The van der Waals surface area contributed by atoms with Crippen molar-refractivity contribution in [1.82, 2.24) is 14.3 Å². The highest BCUT2D eigenvalue weighted by Gasteiger charge is 2.21. The van der Waals surface area contributed by atoms with Crippen LogP contribution in [0.3, 0.4) is 0 Å². The van der Waals surface area contributed by atoms with Gasteiger partial charge in [0.15, 0.2) is 4.34 Å². The van der Waals surface area contributed by atoms with Crippen LogP contribution in [-0.4, -0.2) is 20.4 Å². The van der Waals surface area contributed by atoms with Crippen molar-refractivity contribution < 1.29 is 0 Å². The van der Waals surface area contributed by atoms with E-state index in [1.54, 1.807) is 11.8 Å². The van der Waals surface area contributed by atoms with Gasteiger partial charge in [0, 0.05) is 24.9 Å². The molecule has 0 saturated carbocycles. The molecule has 0 spiro atoms. The second-order valence-corrected chi connectivity index (χ2v) is 6.36. The highest BCUT2D eigenvalue weighted by Crippen LogP contribution is 2.38. The molecule has 6 heteroatoms. The molecule has 102 valence electrons. The van der Waals surface area contributed by atoms with Gasteiger partial charge in [0.1, 0.15) is 5.82 Å². The minimum atomic E-state index is 0.0985. The van der Waals surface area contributed by atoms with Gasteiger partial charge in [-0.25, -0.2) is 4.98 Å². The van der Waals surface area contributed by atoms with E-state index in [0.717, 1.165) is 23.0 Å². The average Bonchev–Trinajstić information content (AvgIpc) is 2.92. The Morgan fingerprint density at radius 3 is 2.63 bits per heavy atom. The van der Waals surface area contributed by atoms with Crippen molar-refractivity contribution in [3.05, 3.63) is 35.9 Å². The first-order valence-corrected chi connectivity index (χ1v) is 8.04. The highest BCUT2D eigenvalue weighted by atomic mass is 32.2. The van der Waals surface area contributed by atoms with E-state index in [4.69, 9.17) is 5.73 Å². The Bertz CT molecular complexity index is 500. The van der Waals surface area contributed by atoms with Crippen molar-refractivity contribution in [2.75, 3.05) is 0 Å². The molecule has 2 atom stereocenters. The molecule has 2 aromatic rings. The van der Waals surface area contributed by atoms with Gasteiger partial charge in [0.05, 0.1) is 5.25 Å². The lowest BCUT2D eigenvalue weighted by atomic mass is 10.1. The molecule has 0 aliphatic heterocycles. The summed E-state index contributed by atoms with van der Waals surface area (Å²) in [7, 11) is 0. The number of nitrogens with zero attached hydrogens (tertiary/aromatic N) is 3. The lowest BCUT2D eigenvalue weighted by Gasteiger charge is -2.21. The Morgan fingerprint density at radius 1 is 1.32 bits per heavy atom. The monoisotopic (exact) mass is 294 g/mol. The number of thioether (sulfide) groups is 1. The van der Waals surface area contributed by atoms with Gasteiger partial charge in [-0.05, 0) is 35.6 Å². The second-order valence-electron chi connectivity index (χ2n) is 4.22. The van der Waals surface area contributed by atoms with Crippen LogP contribution in [0, 0.1) is 0 Å². The number of hydrogen-bond acceptors (Lipinski definition) is 6. The molecular weight excluding hydrogens is 276 g/mol. The molecule has 2 aromatic heterocycles. The van der Waals surface area contributed by atoms with Crippen molar-refractivity contribution in [1.29, 1.82) is 0 Å². The number of nitrogens with two attached hydrogens (primary N) is 1. The molecule has 2 N–H and O–H groups in total. The molecular formula is C13H18N4S2. The second kappa shape index (κ2) is 6.98. The molecule has 0 aliphatic carbocycles. The molecule has 2 rings (SSSR count). The van der Waals surface area contributed by atoms with Gasteiger partial charge in [-0.2, -0.15) is 4.37 Å². The van der Waals surface area contributed by atoms with Crippen LogP contribution in [0.15, 0.2) is 28.9 Å². The molecule has 19 heavy (non-hydrogen) atoms. The Hall–Kier alpha value is -0.980. The summed E-state index contributed by atoms with van der Waals surface area (Å²) in [6.45, 7) is 4.17. The summed E-state index contributed by atoms with van der Waals surface area (Å²) < 4.78 is 5.31. The van der Waals surface area contributed by atoms with Crippen LogP contribution in [-0.2, 0) is 6.42 Å². The van der Waals surface area contributed by atoms with E-state index >= 15 is 0 Å². The van der Waals surface area contributed by atoms with Crippen LogP contribution in [0.1, 0.15) is 36.9 Å². The Morgan fingerprint density at radius 2 is 2.05 bits per heavy atom. The standard InChI is InChI=1S/C13H18N4S2/c1-3-10(14)12(9-5-7-15-8-6-9)18-13-16-11(4-2)17-19-13/h5-8,10,12H,3-4,14H2,1-2H3. The van der Waals surface area contributed by atoms with Crippen molar-refractivity contribution in [3.63, 3.8) is 0 Å². The largest absolute Gasteiger partial charge is 0.326 e. The normalized spacial score (nSPS) is 14.3. The fourth-order valence-electron chi connectivity index (χ4n) is 1.71. The molecule has 0 aromatic carbocycles. The van der Waals surface area contributed by atoms with Gasteiger partial charge in [0.2, 0.25) is 0 Å². The summed E-state index contributed by atoms with van der Waals surface area (Å²) in [4.78, 5) is 8.57. The smallest absolute Gasteiger partial charge is 0.170 e. The van der Waals surface area contributed by atoms with Gasteiger partial charge in [-0.15, -0.1) is 0 Å². The summed E-state index contributed by atoms with van der Waals surface area (Å²) in [6.07, 6.45) is 5.42. The Kier molecular flexibility index (Phi) is 5.30. The van der Waals surface area contributed by atoms with Crippen LogP contribution in [0.5, 0.6) is 0 Å². The minimum absolute atomic E-state index is 0.0985. The SMILES string of the molecule is CCc1nsc(SC(c2ccncc2)C(N)CC)n1. The quantitative estimate of drug-likeness (QED) is 0.829. The molecule has 4 nitrogen and oxygen atoms in total. The number of rotatable bonds is 6. The van der Waals surface area contributed by atoms with E-state index < -0.39 is 0 Å².